The van der Waals surface area contributed by atoms with Crippen LogP contribution >= 0.6 is 0 Å². The predicted octanol–water partition coefficient (Wildman–Crippen LogP) is 5.98. The molecule has 0 spiro atoms. The molecule has 0 heterocycles. The van der Waals surface area contributed by atoms with Crippen molar-refractivity contribution in [2.45, 2.75) is 100 Å². The Morgan fingerprint density at radius 1 is 0.700 bits per heavy atom. The summed E-state index contributed by atoms with van der Waals surface area (Å²) in [6.07, 6.45) is 2.43. The van der Waals surface area contributed by atoms with Gasteiger partial charge in [0, 0.05) is 11.1 Å². The summed E-state index contributed by atoms with van der Waals surface area (Å²) in [7, 11) is 2.31. The first-order chi connectivity index (χ1) is 8.51. The second-order valence-electron chi connectivity index (χ2n) is 10.2. The van der Waals surface area contributed by atoms with Crippen molar-refractivity contribution in [1.82, 2.24) is 4.90 Å². The second-order valence-corrected chi connectivity index (χ2v) is 10.2. The quantitative estimate of drug-likeness (QED) is 0.579. The van der Waals surface area contributed by atoms with E-state index in [2.05, 4.69) is 88.1 Å². The van der Waals surface area contributed by atoms with Crippen molar-refractivity contribution in [3.8, 4) is 0 Å². The van der Waals surface area contributed by atoms with E-state index in [0.717, 1.165) is 0 Å². The van der Waals surface area contributed by atoms with E-state index in [-0.39, 0.29) is 11.1 Å². The number of hydrogen-bond donors (Lipinski definition) is 0. The molecule has 0 amide bonds. The smallest absolute Gasteiger partial charge is 0.0160 e. The topological polar surface area (TPSA) is 3.24 Å². The fraction of sp³-hybridized carbons (Fsp3) is 1.00. The summed E-state index contributed by atoms with van der Waals surface area (Å²) in [4.78, 5) is 2.61. The third kappa shape index (κ3) is 5.76. The minimum atomic E-state index is 0.211. The van der Waals surface area contributed by atoms with E-state index in [1.807, 2.05) is 0 Å². The monoisotopic (exact) mass is 283 g/mol. The minimum Gasteiger partial charge on any atom is -0.296 e. The molecule has 0 aromatic carbocycles. The maximum Gasteiger partial charge on any atom is 0.0160 e. The summed E-state index contributed by atoms with van der Waals surface area (Å²) < 4.78 is 0. The Morgan fingerprint density at radius 2 is 1.05 bits per heavy atom. The van der Waals surface area contributed by atoms with Gasteiger partial charge in [0.25, 0.3) is 0 Å². The molecule has 0 rings (SSSR count). The lowest BCUT2D eigenvalue weighted by molar-refractivity contribution is -0.0127. The molecule has 0 N–H and O–H groups in total. The molecule has 0 fully saturated rings. The zero-order valence-electron chi connectivity index (χ0n) is 16.4. The first-order valence-electron chi connectivity index (χ1n) is 8.25. The number of rotatable bonds is 6. The van der Waals surface area contributed by atoms with Crippen LogP contribution in [0, 0.1) is 16.7 Å². The molecule has 0 aliphatic carbocycles. The van der Waals surface area contributed by atoms with Crippen LogP contribution in [0.4, 0.5) is 0 Å². The maximum absolute atomic E-state index is 2.61. The minimum absolute atomic E-state index is 0.211. The molecule has 0 saturated carbocycles. The first-order valence-corrected chi connectivity index (χ1v) is 8.25. The van der Waals surface area contributed by atoms with Gasteiger partial charge in [-0.25, -0.2) is 0 Å². The molecule has 0 bridgehead atoms. The summed E-state index contributed by atoms with van der Waals surface area (Å²) in [5.41, 5.74) is 1.16. The molecule has 122 valence electrons. The van der Waals surface area contributed by atoms with Crippen LogP contribution in [0.25, 0.3) is 0 Å². The molecule has 20 heavy (non-hydrogen) atoms. The van der Waals surface area contributed by atoms with Gasteiger partial charge in [0.05, 0.1) is 0 Å². The average molecular weight is 284 g/mol. The van der Waals surface area contributed by atoms with Crippen LogP contribution in [-0.4, -0.2) is 23.0 Å². The van der Waals surface area contributed by atoms with Crippen LogP contribution in [0.5, 0.6) is 0 Å². The zero-order chi connectivity index (χ0) is 16.6. The van der Waals surface area contributed by atoms with Gasteiger partial charge in [-0.2, -0.15) is 0 Å². The molecular weight excluding hydrogens is 242 g/mol. The van der Waals surface area contributed by atoms with Crippen molar-refractivity contribution in [2.24, 2.45) is 16.7 Å². The van der Waals surface area contributed by atoms with Crippen molar-refractivity contribution >= 4 is 0 Å². The summed E-state index contributed by atoms with van der Waals surface area (Å²) in [5, 5.41) is 0. The first kappa shape index (κ1) is 20.0. The SMILES string of the molecule is CC(C)C(C)(C)CC(C)(C)N(C)C(C)(C)CC(C)(C)C. The predicted molar refractivity (Wildman–Crippen MR) is 93.2 cm³/mol. The fourth-order valence-corrected chi connectivity index (χ4v) is 3.67. The molecule has 0 unspecified atom stereocenters. The molecule has 0 aromatic heterocycles. The van der Waals surface area contributed by atoms with Crippen molar-refractivity contribution in [1.29, 1.82) is 0 Å². The molecule has 1 heteroatoms. The van der Waals surface area contributed by atoms with Crippen LogP contribution in [0.3, 0.4) is 0 Å². The molecule has 0 aromatic rings. The second kappa shape index (κ2) is 5.99. The van der Waals surface area contributed by atoms with Gasteiger partial charge >= 0.3 is 0 Å². The van der Waals surface area contributed by atoms with Crippen molar-refractivity contribution in [2.75, 3.05) is 7.05 Å². The highest BCUT2D eigenvalue weighted by molar-refractivity contribution is 4.95. The Kier molecular flexibility index (Phi) is 5.98. The van der Waals surface area contributed by atoms with E-state index in [1.165, 1.54) is 12.8 Å². The van der Waals surface area contributed by atoms with Crippen LogP contribution in [0.1, 0.15) is 89.0 Å². The standard InChI is InChI=1S/C19H41N/c1-15(2)17(6,7)14-19(10,11)20(12)18(8,9)13-16(3,4)5/h15H,13-14H2,1-12H3. The van der Waals surface area contributed by atoms with E-state index >= 15 is 0 Å². The summed E-state index contributed by atoms with van der Waals surface area (Å²) in [6, 6.07) is 0. The van der Waals surface area contributed by atoms with Crippen LogP contribution < -0.4 is 0 Å². The summed E-state index contributed by atoms with van der Waals surface area (Å²) in [6.45, 7) is 26.1. The third-order valence-electron chi connectivity index (χ3n) is 5.23. The van der Waals surface area contributed by atoms with E-state index < -0.39 is 0 Å². The molecule has 0 aliphatic heterocycles. The Balaban J connectivity index is 5.11. The highest BCUT2D eigenvalue weighted by Crippen LogP contribution is 2.41. The lowest BCUT2D eigenvalue weighted by Gasteiger charge is -2.51. The van der Waals surface area contributed by atoms with Gasteiger partial charge < -0.3 is 0 Å². The molecule has 0 saturated heterocycles. The Bertz CT molecular complexity index is 302. The maximum atomic E-state index is 2.61. The largest absolute Gasteiger partial charge is 0.296 e. The molecule has 1 nitrogen and oxygen atoms in total. The van der Waals surface area contributed by atoms with Gasteiger partial charge in [0.15, 0.2) is 0 Å². The molecule has 0 aliphatic rings. The normalized spacial score (nSPS) is 15.3. The van der Waals surface area contributed by atoms with Gasteiger partial charge in [-0.15, -0.1) is 0 Å². The summed E-state index contributed by atoms with van der Waals surface area (Å²) in [5.74, 6) is 0.709. The van der Waals surface area contributed by atoms with Crippen molar-refractivity contribution in [3.05, 3.63) is 0 Å². The van der Waals surface area contributed by atoms with Gasteiger partial charge in [0.2, 0.25) is 0 Å². The van der Waals surface area contributed by atoms with Gasteiger partial charge in [-0.3, -0.25) is 4.90 Å². The molecular formula is C19H41N. The zero-order valence-corrected chi connectivity index (χ0v) is 16.4. The Labute approximate surface area is 129 Å². The Hall–Kier alpha value is -0.0400. The highest BCUT2D eigenvalue weighted by Gasteiger charge is 2.40. The highest BCUT2D eigenvalue weighted by atomic mass is 15.2. The Morgan fingerprint density at radius 3 is 1.35 bits per heavy atom. The van der Waals surface area contributed by atoms with Crippen LogP contribution in [-0.2, 0) is 0 Å². The van der Waals surface area contributed by atoms with Crippen LogP contribution in [0.2, 0.25) is 0 Å². The fourth-order valence-electron chi connectivity index (χ4n) is 3.67. The lowest BCUT2D eigenvalue weighted by atomic mass is 9.70. The van der Waals surface area contributed by atoms with Crippen LogP contribution in [0.15, 0.2) is 0 Å². The van der Waals surface area contributed by atoms with E-state index in [0.29, 0.717) is 16.7 Å². The molecule has 0 atom stereocenters. The summed E-state index contributed by atoms with van der Waals surface area (Å²) >= 11 is 0. The van der Waals surface area contributed by atoms with E-state index in [4.69, 9.17) is 0 Å². The van der Waals surface area contributed by atoms with E-state index in [9.17, 15) is 0 Å². The van der Waals surface area contributed by atoms with Crippen molar-refractivity contribution in [3.63, 3.8) is 0 Å². The number of nitrogens with zero attached hydrogens (tertiary/aromatic N) is 1. The van der Waals surface area contributed by atoms with Gasteiger partial charge in [-0.05, 0) is 64.3 Å². The van der Waals surface area contributed by atoms with E-state index in [1.54, 1.807) is 0 Å². The van der Waals surface area contributed by atoms with Gasteiger partial charge in [0.1, 0.15) is 0 Å². The van der Waals surface area contributed by atoms with Gasteiger partial charge in [-0.1, -0.05) is 48.5 Å². The van der Waals surface area contributed by atoms with Crippen molar-refractivity contribution < 1.29 is 0 Å². The number of hydrogen-bond acceptors (Lipinski definition) is 1. The third-order valence-corrected chi connectivity index (χ3v) is 5.23. The molecule has 0 radical (unpaired) electrons. The average Bonchev–Trinajstić information content (AvgIpc) is 2.10. The lowest BCUT2D eigenvalue weighted by Crippen LogP contribution is -2.56.